The van der Waals surface area contributed by atoms with Gasteiger partial charge in [-0.3, -0.25) is 4.90 Å². The van der Waals surface area contributed by atoms with E-state index >= 15 is 0 Å². The highest BCUT2D eigenvalue weighted by molar-refractivity contribution is 7.09. The van der Waals surface area contributed by atoms with Crippen LogP contribution in [0.15, 0.2) is 5.38 Å². The second-order valence-electron chi connectivity index (χ2n) is 5.84. The van der Waals surface area contributed by atoms with Crippen molar-refractivity contribution in [2.45, 2.75) is 58.7 Å². The van der Waals surface area contributed by atoms with Gasteiger partial charge >= 0.3 is 0 Å². The molecule has 0 atom stereocenters. The Hall–Kier alpha value is -0.450. The van der Waals surface area contributed by atoms with Gasteiger partial charge in [-0.15, -0.1) is 11.3 Å². The van der Waals surface area contributed by atoms with Crippen LogP contribution in [0.3, 0.4) is 0 Å². The molecule has 108 valence electrons. The molecule has 0 bridgehead atoms. The summed E-state index contributed by atoms with van der Waals surface area (Å²) < 4.78 is 0. The zero-order valence-corrected chi connectivity index (χ0v) is 13.3. The predicted octanol–water partition coefficient (Wildman–Crippen LogP) is 3.26. The third-order valence-electron chi connectivity index (χ3n) is 4.15. The van der Waals surface area contributed by atoms with E-state index in [2.05, 4.69) is 36.5 Å². The molecule has 0 saturated heterocycles. The van der Waals surface area contributed by atoms with Crippen LogP contribution in [0, 0.1) is 5.92 Å². The lowest BCUT2D eigenvalue weighted by Crippen LogP contribution is -2.34. The summed E-state index contributed by atoms with van der Waals surface area (Å²) in [6, 6.07) is 0.759. The Morgan fingerprint density at radius 1 is 1.37 bits per heavy atom. The highest BCUT2D eigenvalue weighted by Crippen LogP contribution is 2.27. The van der Waals surface area contributed by atoms with Crippen LogP contribution in [0.2, 0.25) is 0 Å². The average Bonchev–Trinajstić information content (AvgIpc) is 2.84. The van der Waals surface area contributed by atoms with Gasteiger partial charge < -0.3 is 5.32 Å². The largest absolute Gasteiger partial charge is 0.311 e. The number of rotatable bonds is 6. The van der Waals surface area contributed by atoms with Gasteiger partial charge in [-0.05, 0) is 45.2 Å². The zero-order valence-electron chi connectivity index (χ0n) is 12.5. The summed E-state index contributed by atoms with van der Waals surface area (Å²) in [5.74, 6) is 0.927. The molecule has 0 radical (unpaired) electrons. The fourth-order valence-electron chi connectivity index (χ4n) is 2.80. The Balaban J connectivity index is 1.81. The third-order valence-corrected chi connectivity index (χ3v) is 5.04. The summed E-state index contributed by atoms with van der Waals surface area (Å²) in [7, 11) is 2.25. The second kappa shape index (κ2) is 7.36. The maximum Gasteiger partial charge on any atom is 0.107 e. The molecule has 3 nitrogen and oxygen atoms in total. The van der Waals surface area contributed by atoms with E-state index < -0.39 is 0 Å². The third kappa shape index (κ3) is 4.55. The summed E-state index contributed by atoms with van der Waals surface area (Å²) in [5, 5.41) is 6.76. The van der Waals surface area contributed by atoms with Crippen LogP contribution in [0.5, 0.6) is 0 Å². The van der Waals surface area contributed by atoms with Crippen molar-refractivity contribution in [2.75, 3.05) is 13.6 Å². The van der Waals surface area contributed by atoms with Crippen molar-refractivity contribution in [1.29, 1.82) is 0 Å². The van der Waals surface area contributed by atoms with Crippen LogP contribution in [0.25, 0.3) is 0 Å². The fourth-order valence-corrected chi connectivity index (χ4v) is 3.56. The SMILES string of the molecule is CCNCc1nc(CN(C)C2CCC(C)CC2)cs1. The van der Waals surface area contributed by atoms with E-state index in [0.29, 0.717) is 0 Å². The molecule has 1 fully saturated rings. The summed E-state index contributed by atoms with van der Waals surface area (Å²) in [5.41, 5.74) is 1.24. The first-order valence-corrected chi connectivity index (χ1v) is 8.41. The normalized spacial score (nSPS) is 24.0. The molecule has 1 N–H and O–H groups in total. The lowest BCUT2D eigenvalue weighted by Gasteiger charge is -2.33. The van der Waals surface area contributed by atoms with Crippen molar-refractivity contribution in [3.63, 3.8) is 0 Å². The molecule has 0 aromatic carbocycles. The molecule has 1 aromatic heterocycles. The molecular formula is C15H27N3S. The number of nitrogens with zero attached hydrogens (tertiary/aromatic N) is 2. The molecule has 0 unspecified atom stereocenters. The Kier molecular flexibility index (Phi) is 5.79. The zero-order chi connectivity index (χ0) is 13.7. The number of hydrogen-bond donors (Lipinski definition) is 1. The Bertz CT molecular complexity index is 369. The molecule has 2 rings (SSSR count). The van der Waals surface area contributed by atoms with Gasteiger partial charge in [0, 0.05) is 24.5 Å². The van der Waals surface area contributed by atoms with Crippen LogP contribution < -0.4 is 5.32 Å². The Labute approximate surface area is 121 Å². The van der Waals surface area contributed by atoms with Crippen LogP contribution in [-0.4, -0.2) is 29.5 Å². The number of thiazole rings is 1. The molecule has 4 heteroatoms. The van der Waals surface area contributed by atoms with Gasteiger partial charge in [0.2, 0.25) is 0 Å². The minimum absolute atomic E-state index is 0.759. The summed E-state index contributed by atoms with van der Waals surface area (Å²) in [4.78, 5) is 7.21. The monoisotopic (exact) mass is 281 g/mol. The fraction of sp³-hybridized carbons (Fsp3) is 0.800. The Morgan fingerprint density at radius 3 is 2.79 bits per heavy atom. The quantitative estimate of drug-likeness (QED) is 0.867. The first-order valence-electron chi connectivity index (χ1n) is 7.53. The molecule has 1 saturated carbocycles. The molecule has 1 aliphatic rings. The molecule has 0 aliphatic heterocycles. The molecular weight excluding hydrogens is 254 g/mol. The topological polar surface area (TPSA) is 28.2 Å². The maximum absolute atomic E-state index is 4.71. The van der Waals surface area contributed by atoms with Gasteiger partial charge in [0.25, 0.3) is 0 Å². The van der Waals surface area contributed by atoms with Gasteiger partial charge in [0.15, 0.2) is 0 Å². The van der Waals surface area contributed by atoms with E-state index in [4.69, 9.17) is 4.98 Å². The van der Waals surface area contributed by atoms with Crippen LogP contribution in [0.1, 0.15) is 50.2 Å². The van der Waals surface area contributed by atoms with Crippen molar-refractivity contribution < 1.29 is 0 Å². The summed E-state index contributed by atoms with van der Waals surface area (Å²) in [6.07, 6.45) is 5.48. The molecule has 1 aliphatic carbocycles. The number of nitrogens with one attached hydrogen (secondary N) is 1. The van der Waals surface area contributed by atoms with Crippen molar-refractivity contribution in [1.82, 2.24) is 15.2 Å². The van der Waals surface area contributed by atoms with Gasteiger partial charge in [-0.25, -0.2) is 4.98 Å². The van der Waals surface area contributed by atoms with E-state index in [0.717, 1.165) is 31.6 Å². The average molecular weight is 281 g/mol. The number of aromatic nitrogens is 1. The minimum Gasteiger partial charge on any atom is -0.311 e. The van der Waals surface area contributed by atoms with E-state index in [9.17, 15) is 0 Å². The van der Waals surface area contributed by atoms with Crippen molar-refractivity contribution >= 4 is 11.3 Å². The van der Waals surface area contributed by atoms with Gasteiger partial charge in [0.05, 0.1) is 5.69 Å². The molecule has 0 spiro atoms. The standard InChI is InChI=1S/C15H27N3S/c1-4-16-9-15-17-13(11-19-15)10-18(3)14-7-5-12(2)6-8-14/h11-12,14,16H,4-10H2,1-3H3. The lowest BCUT2D eigenvalue weighted by atomic mass is 9.87. The molecule has 0 amide bonds. The van der Waals surface area contributed by atoms with Crippen molar-refractivity contribution in [3.8, 4) is 0 Å². The first-order chi connectivity index (χ1) is 9.19. The maximum atomic E-state index is 4.71. The first kappa shape index (κ1) is 14.9. The van der Waals surface area contributed by atoms with Gasteiger partial charge in [-0.1, -0.05) is 13.8 Å². The summed E-state index contributed by atoms with van der Waals surface area (Å²) in [6.45, 7) is 7.43. The Morgan fingerprint density at radius 2 is 2.11 bits per heavy atom. The summed E-state index contributed by atoms with van der Waals surface area (Å²) >= 11 is 1.78. The van der Waals surface area contributed by atoms with Crippen molar-refractivity contribution in [3.05, 3.63) is 16.1 Å². The molecule has 1 heterocycles. The number of hydrogen-bond acceptors (Lipinski definition) is 4. The van der Waals surface area contributed by atoms with Crippen LogP contribution >= 0.6 is 11.3 Å². The second-order valence-corrected chi connectivity index (χ2v) is 6.78. The van der Waals surface area contributed by atoms with Crippen LogP contribution in [-0.2, 0) is 13.1 Å². The van der Waals surface area contributed by atoms with Gasteiger partial charge in [-0.2, -0.15) is 0 Å². The van der Waals surface area contributed by atoms with E-state index in [1.54, 1.807) is 11.3 Å². The molecule has 1 aromatic rings. The van der Waals surface area contributed by atoms with E-state index in [1.165, 1.54) is 36.4 Å². The highest BCUT2D eigenvalue weighted by atomic mass is 32.1. The van der Waals surface area contributed by atoms with Crippen LogP contribution in [0.4, 0.5) is 0 Å². The van der Waals surface area contributed by atoms with Crippen molar-refractivity contribution in [2.24, 2.45) is 5.92 Å². The highest BCUT2D eigenvalue weighted by Gasteiger charge is 2.22. The van der Waals surface area contributed by atoms with E-state index in [-0.39, 0.29) is 0 Å². The lowest BCUT2D eigenvalue weighted by molar-refractivity contribution is 0.162. The smallest absolute Gasteiger partial charge is 0.107 e. The minimum atomic E-state index is 0.759. The van der Waals surface area contributed by atoms with E-state index in [1.807, 2.05) is 0 Å². The predicted molar refractivity (Wildman–Crippen MR) is 82.4 cm³/mol. The van der Waals surface area contributed by atoms with Gasteiger partial charge in [0.1, 0.15) is 5.01 Å². The molecule has 19 heavy (non-hydrogen) atoms.